The molecule has 1 N–H and O–H groups in total. The van der Waals surface area contributed by atoms with Gasteiger partial charge in [0.25, 0.3) is 0 Å². The number of nitrogens with zero attached hydrogens (tertiary/aromatic N) is 4. The molecule has 2 aromatic heterocycles. The van der Waals surface area contributed by atoms with Gasteiger partial charge in [-0.1, -0.05) is 6.92 Å². The van der Waals surface area contributed by atoms with E-state index in [2.05, 4.69) is 32.6 Å². The lowest BCUT2D eigenvalue weighted by atomic mass is 10.0. The fraction of sp³-hybridized carbons (Fsp3) is 0.500. The first-order valence-corrected chi connectivity index (χ1v) is 7.64. The second-order valence-corrected chi connectivity index (χ2v) is 5.51. The number of aliphatic hydroxyl groups excluding tert-OH is 1. The van der Waals surface area contributed by atoms with E-state index in [1.165, 1.54) is 6.42 Å². The van der Waals surface area contributed by atoms with Crippen LogP contribution in [0.5, 0.6) is 0 Å². The van der Waals surface area contributed by atoms with E-state index in [4.69, 9.17) is 0 Å². The van der Waals surface area contributed by atoms with E-state index in [0.717, 1.165) is 43.0 Å². The summed E-state index contributed by atoms with van der Waals surface area (Å²) in [4.78, 5) is 10.9. The van der Waals surface area contributed by atoms with Crippen molar-refractivity contribution in [3.63, 3.8) is 0 Å². The van der Waals surface area contributed by atoms with Crippen LogP contribution in [0.2, 0.25) is 0 Å². The summed E-state index contributed by atoms with van der Waals surface area (Å²) >= 11 is 0. The maximum absolute atomic E-state index is 9.50. The Kier molecular flexibility index (Phi) is 4.20. The van der Waals surface area contributed by atoms with E-state index in [0.29, 0.717) is 6.04 Å². The first kappa shape index (κ1) is 14.1. The Bertz CT molecular complexity index is 595. The van der Waals surface area contributed by atoms with Crippen molar-refractivity contribution in [1.29, 1.82) is 0 Å². The van der Waals surface area contributed by atoms with E-state index in [1.807, 2.05) is 12.3 Å². The molecule has 5 nitrogen and oxygen atoms in total. The highest BCUT2D eigenvalue weighted by Crippen LogP contribution is 2.29. The number of hydrogen-bond donors (Lipinski definition) is 1. The number of hydrogen-bond acceptors (Lipinski definition) is 4. The molecule has 1 unspecified atom stereocenters. The van der Waals surface area contributed by atoms with Crippen LogP contribution < -0.4 is 4.90 Å². The summed E-state index contributed by atoms with van der Waals surface area (Å²) in [6, 6.07) is 2.46. The highest BCUT2D eigenvalue weighted by molar-refractivity contribution is 5.52. The Labute approximate surface area is 125 Å². The first-order valence-electron chi connectivity index (χ1n) is 7.64. The van der Waals surface area contributed by atoms with Gasteiger partial charge in [0, 0.05) is 55.5 Å². The third-order valence-electron chi connectivity index (χ3n) is 4.24. The standard InChI is InChI=1S/C16H22N4O/c1-2-16-18-7-9-20(16)14-4-3-8-19(11-14)15-5-6-17-10-13(15)12-21/h5-7,9-10,14,21H,2-4,8,11-12H2,1H3. The molecule has 0 radical (unpaired) electrons. The molecule has 112 valence electrons. The van der Waals surface area contributed by atoms with Gasteiger partial charge < -0.3 is 14.6 Å². The smallest absolute Gasteiger partial charge is 0.108 e. The number of aliphatic hydroxyl groups is 1. The predicted molar refractivity (Wildman–Crippen MR) is 82.2 cm³/mol. The van der Waals surface area contributed by atoms with E-state index >= 15 is 0 Å². The fourth-order valence-electron chi connectivity index (χ4n) is 3.20. The van der Waals surface area contributed by atoms with Crippen LogP contribution in [0.1, 0.15) is 37.2 Å². The lowest BCUT2D eigenvalue weighted by molar-refractivity contribution is 0.281. The summed E-state index contributed by atoms with van der Waals surface area (Å²) in [5.74, 6) is 1.15. The lowest BCUT2D eigenvalue weighted by Gasteiger charge is -2.36. The molecule has 0 aliphatic carbocycles. The van der Waals surface area contributed by atoms with Crippen LogP contribution in [0.15, 0.2) is 30.9 Å². The van der Waals surface area contributed by atoms with Gasteiger partial charge in [0.1, 0.15) is 5.82 Å². The van der Waals surface area contributed by atoms with Crippen LogP contribution >= 0.6 is 0 Å². The van der Waals surface area contributed by atoms with Crippen LogP contribution in [0.4, 0.5) is 5.69 Å². The molecular formula is C16H22N4O. The molecule has 3 rings (SSSR count). The molecule has 5 heteroatoms. The Hall–Kier alpha value is -1.88. The third-order valence-corrected chi connectivity index (χ3v) is 4.24. The predicted octanol–water partition coefficient (Wildman–Crippen LogP) is 2.17. The average Bonchev–Trinajstić information content (AvgIpc) is 3.03. The van der Waals surface area contributed by atoms with Crippen molar-refractivity contribution in [3.05, 3.63) is 42.2 Å². The topological polar surface area (TPSA) is 54.2 Å². The minimum atomic E-state index is 0.0373. The van der Waals surface area contributed by atoms with Gasteiger partial charge in [0.2, 0.25) is 0 Å². The number of piperidine rings is 1. The number of imidazole rings is 1. The van der Waals surface area contributed by atoms with Gasteiger partial charge in [-0.2, -0.15) is 0 Å². The molecule has 2 aromatic rings. The zero-order valence-corrected chi connectivity index (χ0v) is 12.4. The summed E-state index contributed by atoms with van der Waals surface area (Å²) in [5, 5.41) is 9.50. The van der Waals surface area contributed by atoms with Crippen molar-refractivity contribution >= 4 is 5.69 Å². The number of rotatable bonds is 4. The number of aromatic nitrogens is 3. The van der Waals surface area contributed by atoms with Gasteiger partial charge in [0.15, 0.2) is 0 Å². The molecule has 0 amide bonds. The van der Waals surface area contributed by atoms with E-state index < -0.39 is 0 Å². The minimum absolute atomic E-state index is 0.0373. The van der Waals surface area contributed by atoms with E-state index in [1.54, 1.807) is 12.4 Å². The quantitative estimate of drug-likeness (QED) is 0.936. The summed E-state index contributed by atoms with van der Waals surface area (Å²) in [5.41, 5.74) is 2.01. The van der Waals surface area contributed by atoms with Crippen molar-refractivity contribution in [2.24, 2.45) is 0 Å². The molecule has 0 bridgehead atoms. The second kappa shape index (κ2) is 6.26. The second-order valence-electron chi connectivity index (χ2n) is 5.51. The van der Waals surface area contributed by atoms with Crippen LogP contribution in [0.25, 0.3) is 0 Å². The molecule has 0 aromatic carbocycles. The van der Waals surface area contributed by atoms with Crippen molar-refractivity contribution in [2.75, 3.05) is 18.0 Å². The molecule has 1 fully saturated rings. The van der Waals surface area contributed by atoms with Crippen LogP contribution in [0.3, 0.4) is 0 Å². The monoisotopic (exact) mass is 286 g/mol. The van der Waals surface area contributed by atoms with Gasteiger partial charge in [-0.3, -0.25) is 4.98 Å². The summed E-state index contributed by atoms with van der Waals surface area (Å²) in [7, 11) is 0. The van der Waals surface area contributed by atoms with Crippen LogP contribution in [-0.4, -0.2) is 32.7 Å². The maximum atomic E-state index is 9.50. The summed E-state index contributed by atoms with van der Waals surface area (Å²) in [6.45, 7) is 4.17. The molecule has 21 heavy (non-hydrogen) atoms. The molecule has 1 aliphatic rings. The van der Waals surface area contributed by atoms with Crippen molar-refractivity contribution in [2.45, 2.75) is 38.8 Å². The lowest BCUT2D eigenvalue weighted by Crippen LogP contribution is -2.37. The molecule has 1 atom stereocenters. The van der Waals surface area contributed by atoms with Gasteiger partial charge >= 0.3 is 0 Å². The van der Waals surface area contributed by atoms with Crippen molar-refractivity contribution in [1.82, 2.24) is 14.5 Å². The van der Waals surface area contributed by atoms with Gasteiger partial charge in [0.05, 0.1) is 12.6 Å². The summed E-state index contributed by atoms with van der Waals surface area (Å²) < 4.78 is 2.31. The highest BCUT2D eigenvalue weighted by atomic mass is 16.3. The molecular weight excluding hydrogens is 264 g/mol. The van der Waals surface area contributed by atoms with Crippen LogP contribution in [0, 0.1) is 0 Å². The van der Waals surface area contributed by atoms with E-state index in [9.17, 15) is 5.11 Å². The fourth-order valence-corrected chi connectivity index (χ4v) is 3.20. The highest BCUT2D eigenvalue weighted by Gasteiger charge is 2.23. The largest absolute Gasteiger partial charge is 0.392 e. The maximum Gasteiger partial charge on any atom is 0.108 e. The minimum Gasteiger partial charge on any atom is -0.392 e. The zero-order valence-electron chi connectivity index (χ0n) is 12.4. The molecule has 1 aliphatic heterocycles. The van der Waals surface area contributed by atoms with Crippen molar-refractivity contribution < 1.29 is 5.11 Å². The molecule has 0 spiro atoms. The molecule has 0 saturated carbocycles. The number of aryl methyl sites for hydroxylation is 1. The van der Waals surface area contributed by atoms with E-state index in [-0.39, 0.29) is 6.61 Å². The Balaban J connectivity index is 1.83. The normalized spacial score (nSPS) is 19.0. The van der Waals surface area contributed by atoms with Gasteiger partial charge in [-0.15, -0.1) is 0 Å². The van der Waals surface area contributed by atoms with Gasteiger partial charge in [-0.05, 0) is 18.9 Å². The van der Waals surface area contributed by atoms with Gasteiger partial charge in [-0.25, -0.2) is 4.98 Å². The first-order chi connectivity index (χ1) is 10.3. The zero-order chi connectivity index (χ0) is 14.7. The SMILES string of the molecule is CCc1nccn1C1CCCN(c2ccncc2CO)C1. The molecule has 1 saturated heterocycles. The Morgan fingerprint density at radius 2 is 2.29 bits per heavy atom. The number of pyridine rings is 1. The number of anilines is 1. The Morgan fingerprint density at radius 1 is 1.38 bits per heavy atom. The third kappa shape index (κ3) is 2.78. The molecule has 3 heterocycles. The van der Waals surface area contributed by atoms with Crippen molar-refractivity contribution in [3.8, 4) is 0 Å². The van der Waals surface area contributed by atoms with Crippen LogP contribution in [-0.2, 0) is 13.0 Å². The Morgan fingerprint density at radius 3 is 3.10 bits per heavy atom. The summed E-state index contributed by atoms with van der Waals surface area (Å²) in [6.07, 6.45) is 10.8. The average molecular weight is 286 g/mol.